The van der Waals surface area contributed by atoms with E-state index in [1.165, 1.54) is 12.8 Å². The minimum atomic E-state index is 0.00646. The molecule has 2 saturated heterocycles. The van der Waals surface area contributed by atoms with Crippen molar-refractivity contribution >= 4 is 5.91 Å². The summed E-state index contributed by atoms with van der Waals surface area (Å²) in [5.41, 5.74) is 5.58. The normalized spacial score (nSPS) is 22.5. The number of hydrogen-bond acceptors (Lipinski definition) is 5. The van der Waals surface area contributed by atoms with Gasteiger partial charge in [0.25, 0.3) is 0 Å². The van der Waals surface area contributed by atoms with Crippen LogP contribution in [0.2, 0.25) is 0 Å². The fourth-order valence-electron chi connectivity index (χ4n) is 3.77. The molecule has 0 bridgehead atoms. The van der Waals surface area contributed by atoms with Gasteiger partial charge in [-0.15, -0.1) is 0 Å². The number of nitrogens with two attached hydrogens (primary N) is 1. The molecule has 2 fully saturated rings. The van der Waals surface area contributed by atoms with Gasteiger partial charge in [0.15, 0.2) is 0 Å². The van der Waals surface area contributed by atoms with Crippen molar-refractivity contribution in [3.05, 3.63) is 0 Å². The zero-order valence-corrected chi connectivity index (χ0v) is 15.0. The third-order valence-corrected chi connectivity index (χ3v) is 5.29. The van der Waals surface area contributed by atoms with E-state index < -0.39 is 0 Å². The molecule has 2 aliphatic heterocycles. The van der Waals surface area contributed by atoms with Crippen LogP contribution in [0.1, 0.15) is 32.1 Å². The van der Waals surface area contributed by atoms with Crippen molar-refractivity contribution in [2.45, 2.75) is 44.2 Å². The molecule has 3 N–H and O–H groups in total. The Morgan fingerprint density at radius 3 is 2.39 bits per heavy atom. The lowest BCUT2D eigenvalue weighted by atomic mass is 10.0. The summed E-state index contributed by atoms with van der Waals surface area (Å²) in [5.74, 6) is 0.303. The maximum Gasteiger partial charge on any atom is 0.239 e. The standard InChI is InChI=1S/C17H35N5O/c1-20(2)16(5-3-4-8-18)17(23)22-13-11-21(12-14-22)15-6-9-19-10-7-15/h15-16,19H,3-14,18H2,1-2H3. The highest BCUT2D eigenvalue weighted by atomic mass is 16.2. The van der Waals surface area contributed by atoms with Crippen molar-refractivity contribution < 1.29 is 4.79 Å². The van der Waals surface area contributed by atoms with Crippen molar-refractivity contribution in [2.75, 3.05) is 59.9 Å². The lowest BCUT2D eigenvalue weighted by Crippen LogP contribution is -2.56. The topological polar surface area (TPSA) is 64.8 Å². The van der Waals surface area contributed by atoms with Crippen LogP contribution in [-0.4, -0.2) is 92.6 Å². The monoisotopic (exact) mass is 325 g/mol. The molecule has 0 spiro atoms. The molecule has 6 nitrogen and oxygen atoms in total. The third kappa shape index (κ3) is 5.41. The largest absolute Gasteiger partial charge is 0.339 e. The number of carbonyl (C=O) groups is 1. The smallest absolute Gasteiger partial charge is 0.239 e. The van der Waals surface area contributed by atoms with E-state index in [4.69, 9.17) is 5.73 Å². The maximum absolute atomic E-state index is 12.8. The number of likely N-dealkylation sites (N-methyl/N-ethyl adjacent to an activating group) is 1. The summed E-state index contributed by atoms with van der Waals surface area (Å²) in [6.45, 7) is 6.79. The Labute approximate surface area is 141 Å². The summed E-state index contributed by atoms with van der Waals surface area (Å²) >= 11 is 0. The van der Waals surface area contributed by atoms with Gasteiger partial charge in [-0.2, -0.15) is 0 Å². The van der Waals surface area contributed by atoms with E-state index in [-0.39, 0.29) is 6.04 Å². The van der Waals surface area contributed by atoms with E-state index in [1.54, 1.807) is 0 Å². The summed E-state index contributed by atoms with van der Waals surface area (Å²) in [6, 6.07) is 0.717. The van der Waals surface area contributed by atoms with Crippen molar-refractivity contribution in [1.82, 2.24) is 20.0 Å². The Kier molecular flexibility index (Phi) is 7.76. The summed E-state index contributed by atoms with van der Waals surface area (Å²) in [6.07, 6.45) is 5.43. The fraction of sp³-hybridized carbons (Fsp3) is 0.941. The molecule has 0 aromatic carbocycles. The van der Waals surface area contributed by atoms with E-state index in [1.807, 2.05) is 14.1 Å². The van der Waals surface area contributed by atoms with E-state index in [0.29, 0.717) is 18.5 Å². The highest BCUT2D eigenvalue weighted by Crippen LogP contribution is 2.16. The number of unbranched alkanes of at least 4 members (excludes halogenated alkanes) is 1. The van der Waals surface area contributed by atoms with Crippen LogP contribution in [-0.2, 0) is 4.79 Å². The molecule has 1 unspecified atom stereocenters. The Bertz CT molecular complexity index is 349. The first-order valence-electron chi connectivity index (χ1n) is 9.23. The number of hydrogen-bond donors (Lipinski definition) is 2. The van der Waals surface area contributed by atoms with Gasteiger partial charge in [-0.3, -0.25) is 14.6 Å². The van der Waals surface area contributed by atoms with Gasteiger partial charge >= 0.3 is 0 Å². The molecule has 2 rings (SSSR count). The molecule has 0 aromatic heterocycles. The second-order valence-electron chi connectivity index (χ2n) is 7.11. The molecule has 2 heterocycles. The van der Waals surface area contributed by atoms with Gasteiger partial charge < -0.3 is 16.0 Å². The highest BCUT2D eigenvalue weighted by molar-refractivity contribution is 5.82. The average molecular weight is 326 g/mol. The average Bonchev–Trinajstić information content (AvgIpc) is 2.59. The number of piperidine rings is 1. The summed E-state index contributed by atoms with van der Waals surface area (Å²) in [7, 11) is 4.02. The van der Waals surface area contributed by atoms with Gasteiger partial charge in [0.2, 0.25) is 5.91 Å². The van der Waals surface area contributed by atoms with Gasteiger partial charge in [-0.1, -0.05) is 6.42 Å². The summed E-state index contributed by atoms with van der Waals surface area (Å²) in [5, 5.41) is 3.43. The van der Waals surface area contributed by atoms with Crippen molar-refractivity contribution in [1.29, 1.82) is 0 Å². The fourth-order valence-corrected chi connectivity index (χ4v) is 3.77. The van der Waals surface area contributed by atoms with Gasteiger partial charge in [-0.25, -0.2) is 0 Å². The van der Waals surface area contributed by atoms with Crippen LogP contribution < -0.4 is 11.1 Å². The predicted octanol–water partition coefficient (Wildman–Crippen LogP) is -0.0582. The molecule has 1 atom stereocenters. The molecule has 0 aromatic rings. The Balaban J connectivity index is 1.80. The Hall–Kier alpha value is -0.690. The number of amides is 1. The SMILES string of the molecule is CN(C)C(CCCCN)C(=O)N1CCN(C2CCNCC2)CC1. The third-order valence-electron chi connectivity index (χ3n) is 5.29. The predicted molar refractivity (Wildman–Crippen MR) is 94.4 cm³/mol. The number of nitrogens with one attached hydrogen (secondary N) is 1. The minimum Gasteiger partial charge on any atom is -0.339 e. The first-order valence-corrected chi connectivity index (χ1v) is 9.23. The van der Waals surface area contributed by atoms with Crippen LogP contribution in [0.5, 0.6) is 0 Å². The quantitative estimate of drug-likeness (QED) is 0.642. The van der Waals surface area contributed by atoms with Gasteiger partial charge in [0, 0.05) is 32.2 Å². The van der Waals surface area contributed by atoms with Crippen LogP contribution >= 0.6 is 0 Å². The second kappa shape index (κ2) is 9.57. The van der Waals surface area contributed by atoms with Crippen LogP contribution in [0.3, 0.4) is 0 Å². The van der Waals surface area contributed by atoms with Crippen molar-refractivity contribution in [3.8, 4) is 0 Å². The molecule has 23 heavy (non-hydrogen) atoms. The highest BCUT2D eigenvalue weighted by Gasteiger charge is 2.30. The van der Waals surface area contributed by atoms with Crippen LogP contribution in [0.4, 0.5) is 0 Å². The number of carbonyl (C=O) groups excluding carboxylic acids is 1. The first kappa shape index (κ1) is 18.6. The number of rotatable bonds is 7. The van der Waals surface area contributed by atoms with Crippen molar-refractivity contribution in [3.63, 3.8) is 0 Å². The van der Waals surface area contributed by atoms with Gasteiger partial charge in [0.1, 0.15) is 0 Å². The zero-order chi connectivity index (χ0) is 16.7. The van der Waals surface area contributed by atoms with Crippen LogP contribution in [0.15, 0.2) is 0 Å². The summed E-state index contributed by atoms with van der Waals surface area (Å²) in [4.78, 5) is 19.6. The molecular formula is C17H35N5O. The van der Waals surface area contributed by atoms with E-state index in [2.05, 4.69) is 20.0 Å². The summed E-state index contributed by atoms with van der Waals surface area (Å²) < 4.78 is 0. The Morgan fingerprint density at radius 2 is 1.83 bits per heavy atom. The molecule has 1 amide bonds. The lowest BCUT2D eigenvalue weighted by Gasteiger charge is -2.42. The van der Waals surface area contributed by atoms with Crippen LogP contribution in [0.25, 0.3) is 0 Å². The minimum absolute atomic E-state index is 0.00646. The van der Waals surface area contributed by atoms with Gasteiger partial charge in [-0.05, 0) is 59.4 Å². The van der Waals surface area contributed by atoms with E-state index in [0.717, 1.165) is 58.5 Å². The lowest BCUT2D eigenvalue weighted by molar-refractivity contribution is -0.138. The van der Waals surface area contributed by atoms with Gasteiger partial charge in [0.05, 0.1) is 6.04 Å². The van der Waals surface area contributed by atoms with Crippen molar-refractivity contribution in [2.24, 2.45) is 5.73 Å². The first-order chi connectivity index (χ1) is 11.1. The Morgan fingerprint density at radius 1 is 1.17 bits per heavy atom. The van der Waals surface area contributed by atoms with E-state index in [9.17, 15) is 4.79 Å². The van der Waals surface area contributed by atoms with Crippen LogP contribution in [0, 0.1) is 0 Å². The number of piperazine rings is 1. The molecule has 6 heteroatoms. The molecule has 0 saturated carbocycles. The molecule has 2 aliphatic rings. The molecule has 0 radical (unpaired) electrons. The van der Waals surface area contributed by atoms with E-state index >= 15 is 0 Å². The molecule has 134 valence electrons. The maximum atomic E-state index is 12.8. The molecule has 0 aliphatic carbocycles. The molecular weight excluding hydrogens is 290 g/mol. The number of nitrogens with zero attached hydrogens (tertiary/aromatic N) is 3. The zero-order valence-electron chi connectivity index (χ0n) is 15.0. The second-order valence-corrected chi connectivity index (χ2v) is 7.11.